The summed E-state index contributed by atoms with van der Waals surface area (Å²) in [5.74, 6) is 0.707. The van der Waals surface area contributed by atoms with E-state index < -0.39 is 11.2 Å². The van der Waals surface area contributed by atoms with Crippen LogP contribution < -0.4 is 15.9 Å². The molecule has 0 unspecified atom stereocenters. The van der Waals surface area contributed by atoms with Crippen LogP contribution in [0.4, 0.5) is 5.69 Å². The summed E-state index contributed by atoms with van der Waals surface area (Å²) in [5.41, 5.74) is 6.48. The molecule has 3 rings (SSSR count). The molecule has 0 radical (unpaired) electrons. The second-order valence-corrected chi connectivity index (χ2v) is 5.27. The molecule has 24 heavy (non-hydrogen) atoms. The van der Waals surface area contributed by atoms with Crippen molar-refractivity contribution in [3.63, 3.8) is 0 Å². The Kier molecular flexibility index (Phi) is 3.95. The first kappa shape index (κ1) is 15.6. The number of ether oxygens (including phenoxy) is 1. The summed E-state index contributed by atoms with van der Waals surface area (Å²) in [4.78, 5) is 16.6. The summed E-state index contributed by atoms with van der Waals surface area (Å²) >= 11 is 0. The lowest BCUT2D eigenvalue weighted by molar-refractivity contribution is 0.414. The van der Waals surface area contributed by atoms with Crippen molar-refractivity contribution < 1.29 is 14.3 Å². The highest BCUT2D eigenvalue weighted by Gasteiger charge is 2.15. The lowest BCUT2D eigenvalue weighted by Crippen LogP contribution is -2.04. The predicted molar refractivity (Wildman–Crippen MR) is 93.1 cm³/mol. The molecule has 0 saturated carbocycles. The van der Waals surface area contributed by atoms with E-state index in [1.807, 2.05) is 0 Å². The molecule has 6 nitrogen and oxygen atoms in total. The molecule has 1 aromatic heterocycles. The topological polar surface area (TPSA) is 98.0 Å². The average molecular weight is 324 g/mol. The van der Waals surface area contributed by atoms with Gasteiger partial charge in [-0.3, -0.25) is 4.79 Å². The van der Waals surface area contributed by atoms with Crippen LogP contribution in [0.5, 0.6) is 11.5 Å². The number of nitrogens with zero attached hydrogens (tertiary/aromatic N) is 1. The number of hydrogen-bond acceptors (Lipinski definition) is 5. The van der Waals surface area contributed by atoms with Gasteiger partial charge < -0.3 is 20.0 Å². The SMILES string of the molecule is COc1ccc(-c2oc3ccc(N=C(C)N)cc3c(=O)c2O)cc1. The number of nitrogens with two attached hydrogens (primary N) is 1. The number of aliphatic imine (C=N–C) groups is 1. The molecule has 0 fully saturated rings. The minimum absolute atomic E-state index is 0.112. The molecule has 0 bridgehead atoms. The molecule has 0 amide bonds. The van der Waals surface area contributed by atoms with Gasteiger partial charge in [0.05, 0.1) is 24.0 Å². The van der Waals surface area contributed by atoms with Gasteiger partial charge in [0.15, 0.2) is 5.76 Å². The molecule has 0 atom stereocenters. The first-order chi connectivity index (χ1) is 11.5. The van der Waals surface area contributed by atoms with Crippen LogP contribution >= 0.6 is 0 Å². The monoisotopic (exact) mass is 324 g/mol. The summed E-state index contributed by atoms with van der Waals surface area (Å²) in [6.45, 7) is 1.65. The largest absolute Gasteiger partial charge is 0.502 e. The van der Waals surface area contributed by atoms with E-state index in [0.29, 0.717) is 28.4 Å². The van der Waals surface area contributed by atoms with Crippen LogP contribution in [0.2, 0.25) is 0 Å². The molecule has 3 aromatic rings. The number of benzene rings is 2. The quantitative estimate of drug-likeness (QED) is 0.569. The van der Waals surface area contributed by atoms with Crippen molar-refractivity contribution in [1.29, 1.82) is 0 Å². The third kappa shape index (κ3) is 2.81. The van der Waals surface area contributed by atoms with Gasteiger partial charge in [-0.2, -0.15) is 0 Å². The van der Waals surface area contributed by atoms with E-state index in [9.17, 15) is 9.90 Å². The van der Waals surface area contributed by atoms with Gasteiger partial charge in [-0.05, 0) is 49.4 Å². The summed E-state index contributed by atoms with van der Waals surface area (Å²) in [7, 11) is 1.56. The molecular weight excluding hydrogens is 308 g/mol. The van der Waals surface area contributed by atoms with Crippen molar-refractivity contribution in [1.82, 2.24) is 0 Å². The zero-order valence-electron chi connectivity index (χ0n) is 13.2. The minimum Gasteiger partial charge on any atom is -0.502 e. The molecular formula is C18H16N2O4. The molecule has 3 N–H and O–H groups in total. The van der Waals surface area contributed by atoms with Crippen molar-refractivity contribution >= 4 is 22.5 Å². The van der Waals surface area contributed by atoms with E-state index in [2.05, 4.69) is 4.99 Å². The highest BCUT2D eigenvalue weighted by atomic mass is 16.5. The van der Waals surface area contributed by atoms with Crippen LogP contribution in [0.15, 0.2) is 56.7 Å². The third-order valence-corrected chi connectivity index (χ3v) is 3.51. The second kappa shape index (κ2) is 6.08. The number of fused-ring (bicyclic) bond motifs is 1. The molecule has 0 saturated heterocycles. The molecule has 0 aliphatic carbocycles. The Balaban J connectivity index is 2.19. The van der Waals surface area contributed by atoms with Gasteiger partial charge in [0.1, 0.15) is 11.3 Å². The summed E-state index contributed by atoms with van der Waals surface area (Å²) in [6, 6.07) is 11.7. The molecule has 122 valence electrons. The second-order valence-electron chi connectivity index (χ2n) is 5.27. The Labute approximate surface area is 137 Å². The zero-order chi connectivity index (χ0) is 17.3. The highest BCUT2D eigenvalue weighted by molar-refractivity contribution is 5.86. The molecule has 1 heterocycles. The van der Waals surface area contributed by atoms with Gasteiger partial charge in [0, 0.05) is 5.56 Å². The fourth-order valence-electron chi connectivity index (χ4n) is 2.38. The van der Waals surface area contributed by atoms with Gasteiger partial charge in [-0.15, -0.1) is 0 Å². The first-order valence-corrected chi connectivity index (χ1v) is 7.24. The normalized spacial score (nSPS) is 11.7. The lowest BCUT2D eigenvalue weighted by Gasteiger charge is -2.07. The van der Waals surface area contributed by atoms with Crippen LogP contribution in [0.3, 0.4) is 0 Å². The smallest absolute Gasteiger partial charge is 0.235 e. The Bertz CT molecular complexity index is 984. The van der Waals surface area contributed by atoms with Crippen LogP contribution in [-0.2, 0) is 0 Å². The molecule has 6 heteroatoms. The van der Waals surface area contributed by atoms with Crippen molar-refractivity contribution in [2.75, 3.05) is 7.11 Å². The lowest BCUT2D eigenvalue weighted by atomic mass is 10.1. The molecule has 0 spiro atoms. The van der Waals surface area contributed by atoms with Gasteiger partial charge in [-0.25, -0.2) is 4.99 Å². The van der Waals surface area contributed by atoms with E-state index in [1.165, 1.54) is 6.07 Å². The van der Waals surface area contributed by atoms with Crippen molar-refractivity contribution in [2.24, 2.45) is 10.7 Å². The van der Waals surface area contributed by atoms with Crippen LogP contribution in [-0.4, -0.2) is 18.1 Å². The summed E-state index contributed by atoms with van der Waals surface area (Å²) in [5, 5.41) is 10.5. The van der Waals surface area contributed by atoms with E-state index in [0.717, 1.165) is 0 Å². The number of amidine groups is 1. The maximum atomic E-state index is 12.5. The van der Waals surface area contributed by atoms with Crippen LogP contribution in [0.25, 0.3) is 22.3 Å². The summed E-state index contributed by atoms with van der Waals surface area (Å²) < 4.78 is 10.8. The Morgan fingerprint density at radius 1 is 1.21 bits per heavy atom. The summed E-state index contributed by atoms with van der Waals surface area (Å²) in [6.07, 6.45) is 0. The maximum absolute atomic E-state index is 12.5. The zero-order valence-corrected chi connectivity index (χ0v) is 13.2. The van der Waals surface area contributed by atoms with Gasteiger partial charge in [0.2, 0.25) is 11.2 Å². The van der Waals surface area contributed by atoms with Crippen molar-refractivity contribution in [3.05, 3.63) is 52.7 Å². The molecule has 0 aliphatic rings. The van der Waals surface area contributed by atoms with E-state index in [4.69, 9.17) is 14.9 Å². The van der Waals surface area contributed by atoms with Crippen molar-refractivity contribution in [3.8, 4) is 22.8 Å². The Morgan fingerprint density at radius 2 is 1.92 bits per heavy atom. The fourth-order valence-corrected chi connectivity index (χ4v) is 2.38. The fraction of sp³-hybridized carbons (Fsp3) is 0.111. The predicted octanol–water partition coefficient (Wildman–Crippen LogP) is 3.18. The van der Waals surface area contributed by atoms with Crippen molar-refractivity contribution in [2.45, 2.75) is 6.92 Å². The van der Waals surface area contributed by atoms with Gasteiger partial charge >= 0.3 is 0 Å². The molecule has 2 aromatic carbocycles. The number of aromatic hydroxyl groups is 1. The van der Waals surface area contributed by atoms with E-state index in [1.54, 1.807) is 50.4 Å². The first-order valence-electron chi connectivity index (χ1n) is 7.24. The van der Waals surface area contributed by atoms with E-state index in [-0.39, 0.29) is 11.1 Å². The van der Waals surface area contributed by atoms with Gasteiger partial charge in [0.25, 0.3) is 0 Å². The van der Waals surface area contributed by atoms with E-state index >= 15 is 0 Å². The minimum atomic E-state index is -0.520. The van der Waals surface area contributed by atoms with Gasteiger partial charge in [-0.1, -0.05) is 0 Å². The van der Waals surface area contributed by atoms with Crippen LogP contribution in [0, 0.1) is 0 Å². The average Bonchev–Trinajstić information content (AvgIpc) is 2.58. The molecule has 0 aliphatic heterocycles. The Morgan fingerprint density at radius 3 is 2.54 bits per heavy atom. The number of hydrogen-bond donors (Lipinski definition) is 2. The maximum Gasteiger partial charge on any atom is 0.235 e. The standard InChI is InChI=1S/C18H16N2O4/c1-10(19)20-12-5-8-15-14(9-12)16(21)17(22)18(24-15)11-3-6-13(23-2)7-4-11/h3-9,22H,1-2H3,(H2,19,20). The number of rotatable bonds is 3. The number of methoxy groups -OCH3 is 1. The third-order valence-electron chi connectivity index (χ3n) is 3.51. The Hall–Kier alpha value is -3.28. The highest BCUT2D eigenvalue weighted by Crippen LogP contribution is 2.32. The van der Waals surface area contributed by atoms with Crippen LogP contribution in [0.1, 0.15) is 6.92 Å².